The highest BCUT2D eigenvalue weighted by atomic mass is 32.1. The first-order chi connectivity index (χ1) is 5.52. The van der Waals surface area contributed by atoms with Crippen molar-refractivity contribution in [2.45, 2.75) is 0 Å². The van der Waals surface area contributed by atoms with E-state index in [9.17, 15) is 0 Å². The molecule has 12 heavy (non-hydrogen) atoms. The van der Waals surface area contributed by atoms with Crippen LogP contribution in [0.1, 0.15) is 0 Å². The Hall–Kier alpha value is -0.880. The molecule has 0 aliphatic rings. The molecule has 0 amide bonds. The number of hydrogen-bond acceptors (Lipinski definition) is 3. The Morgan fingerprint density at radius 3 is 2.58 bits per heavy atom. The van der Waals surface area contributed by atoms with E-state index in [1.54, 1.807) is 0 Å². The maximum Gasteiger partial charge on any atom is 0.194 e. The Bertz CT molecular complexity index is 167. The third kappa shape index (κ3) is 7.23. The van der Waals surface area contributed by atoms with Gasteiger partial charge in [-0.25, -0.2) is 0 Å². The van der Waals surface area contributed by atoms with Crippen molar-refractivity contribution in [1.82, 2.24) is 15.5 Å². The molecule has 0 rings (SSSR count). The molecule has 0 saturated carbocycles. The molecule has 0 atom stereocenters. The molecule has 0 unspecified atom stereocenters. The second-order valence-electron chi connectivity index (χ2n) is 2.59. The average Bonchev–Trinajstić information content (AvgIpc) is 1.84. The van der Waals surface area contributed by atoms with Gasteiger partial charge in [-0.3, -0.25) is 5.41 Å². The fourth-order valence-electron chi connectivity index (χ4n) is 0.572. The number of guanidine groups is 1. The van der Waals surface area contributed by atoms with Crippen LogP contribution in [0.2, 0.25) is 0 Å². The Morgan fingerprint density at radius 2 is 2.17 bits per heavy atom. The molecular weight excluding hydrogens is 174 g/mol. The maximum absolute atomic E-state index is 7.26. The molecule has 0 aliphatic heterocycles. The molecule has 5 nitrogen and oxygen atoms in total. The van der Waals surface area contributed by atoms with Gasteiger partial charge in [-0.15, -0.1) is 0 Å². The van der Waals surface area contributed by atoms with Crippen LogP contribution in [-0.4, -0.2) is 43.2 Å². The first-order valence-electron chi connectivity index (χ1n) is 3.56. The van der Waals surface area contributed by atoms with Crippen LogP contribution in [0, 0.1) is 5.41 Å². The van der Waals surface area contributed by atoms with Gasteiger partial charge in [-0.1, -0.05) is 0 Å². The number of likely N-dealkylation sites (N-methyl/N-ethyl adjacent to an activating group) is 1. The van der Waals surface area contributed by atoms with Crippen LogP contribution in [0.15, 0.2) is 0 Å². The van der Waals surface area contributed by atoms with E-state index in [1.807, 2.05) is 19.0 Å². The van der Waals surface area contributed by atoms with E-state index >= 15 is 0 Å². The van der Waals surface area contributed by atoms with E-state index < -0.39 is 0 Å². The maximum atomic E-state index is 7.26. The van der Waals surface area contributed by atoms with Crippen LogP contribution in [0.25, 0.3) is 0 Å². The molecule has 70 valence electrons. The molecule has 0 fully saturated rings. The van der Waals surface area contributed by atoms with E-state index in [0.717, 1.165) is 6.54 Å². The van der Waals surface area contributed by atoms with Crippen molar-refractivity contribution in [3.8, 4) is 0 Å². The zero-order valence-corrected chi connectivity index (χ0v) is 8.16. The molecule has 0 radical (unpaired) electrons. The predicted octanol–water partition coefficient (Wildman–Crippen LogP) is -1.09. The standard InChI is InChI=1S/C6H15N5S/c1-11(2)4-3-9-5(7)10-6(8)12/h3-4H2,1-2H3,(H5,7,8,9,10,12). The first-order valence-corrected chi connectivity index (χ1v) is 3.97. The fourth-order valence-corrected chi connectivity index (χ4v) is 0.674. The minimum atomic E-state index is 0.109. The Morgan fingerprint density at radius 1 is 1.58 bits per heavy atom. The smallest absolute Gasteiger partial charge is 0.194 e. The van der Waals surface area contributed by atoms with E-state index in [4.69, 9.17) is 11.1 Å². The van der Waals surface area contributed by atoms with Gasteiger partial charge in [0.25, 0.3) is 0 Å². The Balaban J connectivity index is 3.38. The fraction of sp³-hybridized carbons (Fsp3) is 0.667. The zero-order chi connectivity index (χ0) is 9.56. The number of hydrogen-bond donors (Lipinski definition) is 4. The van der Waals surface area contributed by atoms with Gasteiger partial charge in [0, 0.05) is 13.1 Å². The minimum Gasteiger partial charge on any atom is -0.376 e. The van der Waals surface area contributed by atoms with Crippen molar-refractivity contribution in [2.24, 2.45) is 5.73 Å². The molecule has 0 aromatic rings. The highest BCUT2D eigenvalue weighted by molar-refractivity contribution is 7.80. The molecule has 0 bridgehead atoms. The number of thiocarbonyl (C=S) groups is 1. The summed E-state index contributed by atoms with van der Waals surface area (Å²) in [6.45, 7) is 1.56. The van der Waals surface area contributed by atoms with Crippen molar-refractivity contribution in [2.75, 3.05) is 27.2 Å². The zero-order valence-electron chi connectivity index (χ0n) is 7.35. The second-order valence-corrected chi connectivity index (χ2v) is 3.03. The van der Waals surface area contributed by atoms with Gasteiger partial charge < -0.3 is 21.3 Å². The van der Waals surface area contributed by atoms with E-state index in [0.29, 0.717) is 6.54 Å². The van der Waals surface area contributed by atoms with E-state index in [-0.39, 0.29) is 11.1 Å². The molecule has 0 saturated heterocycles. The summed E-state index contributed by atoms with van der Waals surface area (Å²) in [5, 5.41) is 12.7. The van der Waals surface area contributed by atoms with Crippen LogP contribution in [0.5, 0.6) is 0 Å². The number of nitrogens with zero attached hydrogens (tertiary/aromatic N) is 1. The molecular formula is C6H15N5S. The quantitative estimate of drug-likeness (QED) is 0.258. The average molecular weight is 189 g/mol. The third-order valence-corrected chi connectivity index (χ3v) is 1.21. The predicted molar refractivity (Wildman–Crippen MR) is 54.2 cm³/mol. The second kappa shape index (κ2) is 5.73. The van der Waals surface area contributed by atoms with Crippen LogP contribution in [0.3, 0.4) is 0 Å². The van der Waals surface area contributed by atoms with Gasteiger partial charge in [-0.2, -0.15) is 0 Å². The van der Waals surface area contributed by atoms with Gasteiger partial charge in [-0.05, 0) is 26.3 Å². The Labute approximate surface area is 77.8 Å². The summed E-state index contributed by atoms with van der Waals surface area (Å²) in [5.74, 6) is 0.143. The van der Waals surface area contributed by atoms with E-state index in [2.05, 4.69) is 22.9 Å². The highest BCUT2D eigenvalue weighted by Gasteiger charge is 1.95. The number of rotatable bonds is 3. The summed E-state index contributed by atoms with van der Waals surface area (Å²) < 4.78 is 0. The summed E-state index contributed by atoms with van der Waals surface area (Å²) >= 11 is 4.55. The van der Waals surface area contributed by atoms with Gasteiger partial charge in [0.2, 0.25) is 0 Å². The van der Waals surface area contributed by atoms with Crippen molar-refractivity contribution < 1.29 is 0 Å². The molecule has 0 aromatic heterocycles. The number of nitrogens with two attached hydrogens (primary N) is 1. The minimum absolute atomic E-state index is 0.109. The summed E-state index contributed by atoms with van der Waals surface area (Å²) in [6, 6.07) is 0. The summed E-state index contributed by atoms with van der Waals surface area (Å²) in [6.07, 6.45) is 0. The monoisotopic (exact) mass is 189 g/mol. The lowest BCUT2D eigenvalue weighted by atomic mass is 10.6. The lowest BCUT2D eigenvalue weighted by molar-refractivity contribution is 0.412. The van der Waals surface area contributed by atoms with E-state index in [1.165, 1.54) is 0 Å². The molecule has 6 heteroatoms. The normalized spacial score (nSPS) is 9.58. The lowest BCUT2D eigenvalue weighted by Gasteiger charge is -2.12. The summed E-state index contributed by atoms with van der Waals surface area (Å²) in [5.41, 5.74) is 5.15. The Kier molecular flexibility index (Phi) is 5.31. The van der Waals surface area contributed by atoms with Crippen LogP contribution in [0.4, 0.5) is 0 Å². The summed E-state index contributed by atoms with van der Waals surface area (Å²) in [7, 11) is 3.93. The van der Waals surface area contributed by atoms with Crippen LogP contribution >= 0.6 is 12.2 Å². The molecule has 0 aromatic carbocycles. The van der Waals surface area contributed by atoms with Crippen molar-refractivity contribution >= 4 is 23.3 Å². The summed E-state index contributed by atoms with van der Waals surface area (Å²) in [4.78, 5) is 2.01. The topological polar surface area (TPSA) is 77.2 Å². The van der Waals surface area contributed by atoms with Gasteiger partial charge in [0.05, 0.1) is 0 Å². The van der Waals surface area contributed by atoms with Gasteiger partial charge in [0.1, 0.15) is 0 Å². The number of nitrogens with one attached hydrogen (secondary N) is 3. The van der Waals surface area contributed by atoms with Crippen molar-refractivity contribution in [3.05, 3.63) is 0 Å². The lowest BCUT2D eigenvalue weighted by Crippen LogP contribution is -2.44. The van der Waals surface area contributed by atoms with Crippen LogP contribution in [-0.2, 0) is 0 Å². The van der Waals surface area contributed by atoms with Crippen molar-refractivity contribution in [1.29, 1.82) is 5.41 Å². The molecule has 5 N–H and O–H groups in total. The van der Waals surface area contributed by atoms with Gasteiger partial charge >= 0.3 is 0 Å². The molecule has 0 heterocycles. The van der Waals surface area contributed by atoms with Gasteiger partial charge in [0.15, 0.2) is 11.1 Å². The highest BCUT2D eigenvalue weighted by Crippen LogP contribution is 1.70. The van der Waals surface area contributed by atoms with Crippen molar-refractivity contribution in [3.63, 3.8) is 0 Å². The molecule has 0 spiro atoms. The molecule has 0 aliphatic carbocycles. The first kappa shape index (κ1) is 11.1. The van der Waals surface area contributed by atoms with Crippen LogP contribution < -0.4 is 16.4 Å². The SMILES string of the molecule is CN(C)CCNC(=N)NC(N)=S. The third-order valence-electron chi connectivity index (χ3n) is 1.11. The largest absolute Gasteiger partial charge is 0.376 e.